The van der Waals surface area contributed by atoms with Crippen molar-refractivity contribution in [3.05, 3.63) is 71.9 Å². The average molecular weight is 311 g/mol. The SMILES string of the molecule is CC(c1nc(-c2ccccc2)no1)N(C)Cc1cccc(F)c1. The molecule has 5 heteroatoms. The van der Waals surface area contributed by atoms with Gasteiger partial charge >= 0.3 is 0 Å². The van der Waals surface area contributed by atoms with E-state index < -0.39 is 0 Å². The van der Waals surface area contributed by atoms with Crippen LogP contribution in [-0.2, 0) is 6.54 Å². The van der Waals surface area contributed by atoms with Gasteiger partial charge in [-0.15, -0.1) is 0 Å². The number of hydrogen-bond donors (Lipinski definition) is 0. The fourth-order valence-corrected chi connectivity index (χ4v) is 2.36. The molecule has 1 unspecified atom stereocenters. The van der Waals surface area contributed by atoms with Crippen LogP contribution in [0.2, 0.25) is 0 Å². The fraction of sp³-hybridized carbons (Fsp3) is 0.222. The summed E-state index contributed by atoms with van der Waals surface area (Å²) in [6.07, 6.45) is 0. The highest BCUT2D eigenvalue weighted by Gasteiger charge is 2.19. The van der Waals surface area contributed by atoms with Crippen LogP contribution in [0.1, 0.15) is 24.4 Å². The van der Waals surface area contributed by atoms with Gasteiger partial charge in [-0.05, 0) is 31.7 Å². The Morgan fingerprint density at radius 1 is 1.13 bits per heavy atom. The highest BCUT2D eigenvalue weighted by atomic mass is 19.1. The molecule has 0 radical (unpaired) electrons. The highest BCUT2D eigenvalue weighted by molar-refractivity contribution is 5.53. The van der Waals surface area contributed by atoms with Crippen molar-refractivity contribution in [1.82, 2.24) is 15.0 Å². The molecule has 0 aliphatic carbocycles. The molecule has 118 valence electrons. The molecule has 1 atom stereocenters. The lowest BCUT2D eigenvalue weighted by Gasteiger charge is -2.21. The molecule has 3 aromatic rings. The van der Waals surface area contributed by atoms with Gasteiger partial charge in [-0.1, -0.05) is 47.6 Å². The smallest absolute Gasteiger partial charge is 0.244 e. The minimum Gasteiger partial charge on any atom is -0.337 e. The summed E-state index contributed by atoms with van der Waals surface area (Å²) < 4.78 is 18.7. The summed E-state index contributed by atoms with van der Waals surface area (Å²) in [6, 6.07) is 16.2. The van der Waals surface area contributed by atoms with E-state index in [-0.39, 0.29) is 11.9 Å². The van der Waals surface area contributed by atoms with E-state index >= 15 is 0 Å². The third-order valence-electron chi connectivity index (χ3n) is 3.81. The number of benzene rings is 2. The van der Waals surface area contributed by atoms with Crippen molar-refractivity contribution >= 4 is 0 Å². The normalized spacial score (nSPS) is 12.5. The predicted molar refractivity (Wildman–Crippen MR) is 86.0 cm³/mol. The average Bonchev–Trinajstić information content (AvgIpc) is 3.05. The van der Waals surface area contributed by atoms with Crippen LogP contribution < -0.4 is 0 Å². The molecule has 4 nitrogen and oxygen atoms in total. The van der Waals surface area contributed by atoms with Crippen molar-refractivity contribution in [2.45, 2.75) is 19.5 Å². The van der Waals surface area contributed by atoms with Crippen molar-refractivity contribution in [1.29, 1.82) is 0 Å². The molecule has 0 saturated carbocycles. The number of hydrogen-bond acceptors (Lipinski definition) is 4. The summed E-state index contributed by atoms with van der Waals surface area (Å²) in [7, 11) is 1.95. The summed E-state index contributed by atoms with van der Waals surface area (Å²) in [5.41, 5.74) is 1.82. The molecule has 0 aliphatic heterocycles. The first kappa shape index (κ1) is 15.4. The summed E-state index contributed by atoms with van der Waals surface area (Å²) in [5, 5.41) is 4.04. The molecule has 0 fully saturated rings. The first-order chi connectivity index (χ1) is 11.1. The topological polar surface area (TPSA) is 42.2 Å². The van der Waals surface area contributed by atoms with Gasteiger partial charge in [0.15, 0.2) is 0 Å². The van der Waals surface area contributed by atoms with Crippen LogP contribution in [0, 0.1) is 5.82 Å². The molecule has 2 aromatic carbocycles. The molecule has 0 N–H and O–H groups in total. The number of rotatable bonds is 5. The van der Waals surface area contributed by atoms with Crippen LogP contribution in [0.3, 0.4) is 0 Å². The van der Waals surface area contributed by atoms with E-state index in [2.05, 4.69) is 10.1 Å². The van der Waals surface area contributed by atoms with E-state index in [9.17, 15) is 4.39 Å². The molecule has 0 amide bonds. The first-order valence-corrected chi connectivity index (χ1v) is 7.47. The predicted octanol–water partition coefficient (Wildman–Crippen LogP) is 4.07. The van der Waals surface area contributed by atoms with Crippen molar-refractivity contribution in [3.63, 3.8) is 0 Å². The van der Waals surface area contributed by atoms with E-state index in [0.717, 1.165) is 11.1 Å². The highest BCUT2D eigenvalue weighted by Crippen LogP contribution is 2.22. The third kappa shape index (κ3) is 3.63. The molecule has 0 saturated heterocycles. The Kier molecular flexibility index (Phi) is 4.48. The molecular formula is C18H18FN3O. The molecule has 3 rings (SSSR count). The second kappa shape index (κ2) is 6.71. The number of halogens is 1. The molecule has 23 heavy (non-hydrogen) atoms. The van der Waals surface area contributed by atoms with Crippen LogP contribution in [0.5, 0.6) is 0 Å². The van der Waals surface area contributed by atoms with Crippen molar-refractivity contribution < 1.29 is 8.91 Å². The monoisotopic (exact) mass is 311 g/mol. The van der Waals surface area contributed by atoms with Gasteiger partial charge in [-0.3, -0.25) is 4.90 Å². The Hall–Kier alpha value is -2.53. The Balaban J connectivity index is 1.73. The lowest BCUT2D eigenvalue weighted by atomic mass is 10.2. The van der Waals surface area contributed by atoms with E-state index in [1.807, 2.05) is 55.3 Å². The van der Waals surface area contributed by atoms with Crippen LogP contribution in [0.25, 0.3) is 11.4 Å². The minimum absolute atomic E-state index is 0.0665. The van der Waals surface area contributed by atoms with Crippen LogP contribution in [0.4, 0.5) is 4.39 Å². The second-order valence-corrected chi connectivity index (χ2v) is 5.54. The van der Waals surface area contributed by atoms with E-state index in [1.54, 1.807) is 6.07 Å². The van der Waals surface area contributed by atoms with Gasteiger partial charge in [-0.2, -0.15) is 4.98 Å². The number of nitrogens with zero attached hydrogens (tertiary/aromatic N) is 3. The maximum Gasteiger partial charge on any atom is 0.244 e. The van der Waals surface area contributed by atoms with E-state index in [4.69, 9.17) is 4.52 Å². The van der Waals surface area contributed by atoms with Gasteiger partial charge in [0.2, 0.25) is 11.7 Å². The van der Waals surface area contributed by atoms with Gasteiger partial charge in [-0.25, -0.2) is 4.39 Å². The standard InChI is InChI=1S/C18H18FN3O/c1-13(22(2)12-14-7-6-10-16(19)11-14)18-20-17(21-23-18)15-8-4-3-5-9-15/h3-11,13H,12H2,1-2H3. The van der Waals surface area contributed by atoms with E-state index in [0.29, 0.717) is 18.3 Å². The second-order valence-electron chi connectivity index (χ2n) is 5.54. The van der Waals surface area contributed by atoms with Gasteiger partial charge in [0.05, 0.1) is 6.04 Å². The largest absolute Gasteiger partial charge is 0.337 e. The van der Waals surface area contributed by atoms with Gasteiger partial charge in [0.1, 0.15) is 5.82 Å². The third-order valence-corrected chi connectivity index (χ3v) is 3.81. The quantitative estimate of drug-likeness (QED) is 0.712. The molecule has 1 aromatic heterocycles. The van der Waals surface area contributed by atoms with Crippen molar-refractivity contribution in [3.8, 4) is 11.4 Å². The Morgan fingerprint density at radius 2 is 1.91 bits per heavy atom. The maximum absolute atomic E-state index is 13.3. The van der Waals surface area contributed by atoms with Crippen LogP contribution >= 0.6 is 0 Å². The lowest BCUT2D eigenvalue weighted by Crippen LogP contribution is -2.22. The van der Waals surface area contributed by atoms with Crippen LogP contribution in [0.15, 0.2) is 59.1 Å². The van der Waals surface area contributed by atoms with Gasteiger partial charge in [0, 0.05) is 12.1 Å². The van der Waals surface area contributed by atoms with Crippen molar-refractivity contribution in [2.24, 2.45) is 0 Å². The van der Waals surface area contributed by atoms with Crippen molar-refractivity contribution in [2.75, 3.05) is 7.05 Å². The van der Waals surface area contributed by atoms with Crippen LogP contribution in [-0.4, -0.2) is 22.1 Å². The zero-order valence-electron chi connectivity index (χ0n) is 13.1. The summed E-state index contributed by atoms with van der Waals surface area (Å²) in [6.45, 7) is 2.59. The molecule has 0 bridgehead atoms. The lowest BCUT2D eigenvalue weighted by molar-refractivity contribution is 0.202. The Bertz CT molecular complexity index is 773. The zero-order valence-corrected chi connectivity index (χ0v) is 13.1. The maximum atomic E-state index is 13.3. The Labute approximate surface area is 134 Å². The minimum atomic E-state index is -0.229. The zero-order chi connectivity index (χ0) is 16.2. The molecule has 0 spiro atoms. The molecule has 1 heterocycles. The molecule has 0 aliphatic rings. The first-order valence-electron chi connectivity index (χ1n) is 7.47. The Morgan fingerprint density at radius 3 is 2.65 bits per heavy atom. The summed E-state index contributed by atoms with van der Waals surface area (Å²) in [4.78, 5) is 6.51. The van der Waals surface area contributed by atoms with Gasteiger partial charge in [0.25, 0.3) is 0 Å². The molecular weight excluding hydrogens is 293 g/mol. The fourth-order valence-electron chi connectivity index (χ4n) is 2.36. The summed E-state index contributed by atoms with van der Waals surface area (Å²) >= 11 is 0. The number of aromatic nitrogens is 2. The summed E-state index contributed by atoms with van der Waals surface area (Å²) in [5.74, 6) is 0.891. The van der Waals surface area contributed by atoms with E-state index in [1.165, 1.54) is 12.1 Å². The van der Waals surface area contributed by atoms with Gasteiger partial charge < -0.3 is 4.52 Å².